The van der Waals surface area contributed by atoms with Crippen molar-refractivity contribution < 1.29 is 14.0 Å². The molecule has 0 N–H and O–H groups in total. The quantitative estimate of drug-likeness (QED) is 0.815. The SMILES string of the molecule is COc1cc(OC)cc(N2CC[C@@H](N(C)Cc3ccno3)C2)c1. The molecule has 1 aromatic heterocycles. The summed E-state index contributed by atoms with van der Waals surface area (Å²) in [5, 5.41) is 3.76. The van der Waals surface area contributed by atoms with Gasteiger partial charge in [0.1, 0.15) is 11.5 Å². The summed E-state index contributed by atoms with van der Waals surface area (Å²) in [5.74, 6) is 2.53. The average molecular weight is 317 g/mol. The summed E-state index contributed by atoms with van der Waals surface area (Å²) in [4.78, 5) is 4.69. The number of nitrogens with zero attached hydrogens (tertiary/aromatic N) is 3. The maximum absolute atomic E-state index is 5.36. The lowest BCUT2D eigenvalue weighted by Crippen LogP contribution is -2.34. The molecule has 0 aliphatic carbocycles. The molecule has 0 saturated carbocycles. The molecule has 0 unspecified atom stereocenters. The fraction of sp³-hybridized carbons (Fsp3) is 0.471. The number of hydrogen-bond donors (Lipinski definition) is 0. The van der Waals surface area contributed by atoms with Gasteiger partial charge in [-0.15, -0.1) is 0 Å². The number of anilines is 1. The van der Waals surface area contributed by atoms with E-state index in [9.17, 15) is 0 Å². The molecule has 0 amide bonds. The third-order valence-electron chi connectivity index (χ3n) is 4.38. The molecule has 1 aromatic carbocycles. The molecule has 1 fully saturated rings. The third-order valence-corrected chi connectivity index (χ3v) is 4.38. The Morgan fingerprint density at radius 2 is 2.00 bits per heavy atom. The van der Waals surface area contributed by atoms with Crippen molar-refractivity contribution in [2.75, 3.05) is 39.3 Å². The van der Waals surface area contributed by atoms with Crippen LogP contribution in [-0.4, -0.2) is 50.5 Å². The summed E-state index contributed by atoms with van der Waals surface area (Å²) < 4.78 is 15.9. The van der Waals surface area contributed by atoms with Gasteiger partial charge < -0.3 is 18.9 Å². The first-order valence-corrected chi connectivity index (χ1v) is 7.77. The third kappa shape index (κ3) is 3.59. The van der Waals surface area contributed by atoms with Gasteiger partial charge in [-0.3, -0.25) is 4.90 Å². The van der Waals surface area contributed by atoms with E-state index in [0.29, 0.717) is 6.04 Å². The summed E-state index contributed by atoms with van der Waals surface area (Å²) in [6.07, 6.45) is 2.80. The van der Waals surface area contributed by atoms with Gasteiger partial charge in [-0.25, -0.2) is 0 Å². The van der Waals surface area contributed by atoms with Crippen LogP contribution < -0.4 is 14.4 Å². The van der Waals surface area contributed by atoms with Crippen molar-refractivity contribution in [3.63, 3.8) is 0 Å². The van der Waals surface area contributed by atoms with E-state index in [1.807, 2.05) is 12.1 Å². The number of aromatic nitrogens is 1. The van der Waals surface area contributed by atoms with Gasteiger partial charge in [0.25, 0.3) is 0 Å². The van der Waals surface area contributed by atoms with Gasteiger partial charge >= 0.3 is 0 Å². The van der Waals surface area contributed by atoms with E-state index in [-0.39, 0.29) is 0 Å². The monoisotopic (exact) mass is 317 g/mol. The minimum Gasteiger partial charge on any atom is -0.497 e. The molecule has 6 heteroatoms. The molecular weight excluding hydrogens is 294 g/mol. The van der Waals surface area contributed by atoms with E-state index in [4.69, 9.17) is 14.0 Å². The Morgan fingerprint density at radius 3 is 2.61 bits per heavy atom. The van der Waals surface area contributed by atoms with Crippen molar-refractivity contribution in [3.8, 4) is 11.5 Å². The van der Waals surface area contributed by atoms with Gasteiger partial charge in [0, 0.05) is 49.1 Å². The lowest BCUT2D eigenvalue weighted by atomic mass is 10.2. The highest BCUT2D eigenvalue weighted by atomic mass is 16.5. The van der Waals surface area contributed by atoms with Crippen molar-refractivity contribution in [1.82, 2.24) is 10.1 Å². The highest BCUT2D eigenvalue weighted by Gasteiger charge is 2.27. The number of benzene rings is 1. The number of ether oxygens (including phenoxy) is 2. The first-order chi connectivity index (χ1) is 11.2. The smallest absolute Gasteiger partial charge is 0.150 e. The Kier molecular flexibility index (Phi) is 4.71. The summed E-state index contributed by atoms with van der Waals surface area (Å²) >= 11 is 0. The van der Waals surface area contributed by atoms with E-state index in [1.165, 1.54) is 0 Å². The second-order valence-corrected chi connectivity index (χ2v) is 5.85. The summed E-state index contributed by atoms with van der Waals surface area (Å²) in [5.41, 5.74) is 1.14. The molecule has 1 aliphatic rings. The lowest BCUT2D eigenvalue weighted by Gasteiger charge is -2.24. The minimum atomic E-state index is 0.484. The average Bonchev–Trinajstić information content (AvgIpc) is 3.25. The molecule has 2 heterocycles. The minimum absolute atomic E-state index is 0.484. The molecular formula is C17H23N3O3. The maximum Gasteiger partial charge on any atom is 0.150 e. The maximum atomic E-state index is 5.36. The molecule has 124 valence electrons. The van der Waals surface area contributed by atoms with Crippen LogP contribution in [0.25, 0.3) is 0 Å². The van der Waals surface area contributed by atoms with Crippen LogP contribution in [0.3, 0.4) is 0 Å². The van der Waals surface area contributed by atoms with Crippen LogP contribution in [0.15, 0.2) is 35.0 Å². The molecule has 2 aromatic rings. The van der Waals surface area contributed by atoms with Crippen molar-refractivity contribution >= 4 is 5.69 Å². The number of methoxy groups -OCH3 is 2. The van der Waals surface area contributed by atoms with Crippen molar-refractivity contribution in [1.29, 1.82) is 0 Å². The Bertz CT molecular complexity index is 608. The molecule has 0 radical (unpaired) electrons. The number of hydrogen-bond acceptors (Lipinski definition) is 6. The van der Waals surface area contributed by atoms with Gasteiger partial charge in [0.2, 0.25) is 0 Å². The lowest BCUT2D eigenvalue weighted by molar-refractivity contribution is 0.220. The van der Waals surface area contributed by atoms with Crippen molar-refractivity contribution in [2.45, 2.75) is 19.0 Å². The molecule has 6 nitrogen and oxygen atoms in total. The standard InChI is InChI=1S/C17H23N3O3/c1-19(12-15-4-6-18-23-15)13-5-7-20(11-13)14-8-16(21-2)10-17(9-14)22-3/h4,6,8-10,13H,5,7,11-12H2,1-3H3/t13-/m1/s1. The highest BCUT2D eigenvalue weighted by Crippen LogP contribution is 2.31. The largest absolute Gasteiger partial charge is 0.497 e. The predicted octanol–water partition coefficient (Wildman–Crippen LogP) is 2.40. The molecule has 1 atom stereocenters. The zero-order valence-electron chi connectivity index (χ0n) is 13.9. The zero-order chi connectivity index (χ0) is 16.2. The van der Waals surface area contributed by atoms with Gasteiger partial charge in [0.15, 0.2) is 5.76 Å². The Morgan fingerprint density at radius 1 is 1.26 bits per heavy atom. The first kappa shape index (κ1) is 15.7. The summed E-state index contributed by atoms with van der Waals surface area (Å²) in [6, 6.07) is 8.41. The fourth-order valence-electron chi connectivity index (χ4n) is 3.01. The molecule has 1 saturated heterocycles. The van der Waals surface area contributed by atoms with E-state index in [1.54, 1.807) is 20.4 Å². The van der Waals surface area contributed by atoms with Gasteiger partial charge in [0.05, 0.1) is 27.0 Å². The van der Waals surface area contributed by atoms with Gasteiger partial charge in [-0.2, -0.15) is 0 Å². The Labute approximate surface area is 136 Å². The zero-order valence-corrected chi connectivity index (χ0v) is 13.9. The molecule has 0 spiro atoms. The summed E-state index contributed by atoms with van der Waals surface area (Å²) in [6.45, 7) is 2.77. The summed E-state index contributed by atoms with van der Waals surface area (Å²) in [7, 11) is 5.48. The van der Waals surface area contributed by atoms with Gasteiger partial charge in [-0.05, 0) is 13.5 Å². The van der Waals surface area contributed by atoms with Crippen molar-refractivity contribution in [3.05, 3.63) is 36.2 Å². The van der Waals surface area contributed by atoms with Crippen molar-refractivity contribution in [2.24, 2.45) is 0 Å². The second-order valence-electron chi connectivity index (χ2n) is 5.85. The topological polar surface area (TPSA) is 51.0 Å². The molecule has 0 bridgehead atoms. The molecule has 1 aliphatic heterocycles. The molecule has 23 heavy (non-hydrogen) atoms. The van der Waals surface area contributed by atoms with Crippen LogP contribution in [0, 0.1) is 0 Å². The van der Waals surface area contributed by atoms with Gasteiger partial charge in [-0.1, -0.05) is 5.16 Å². The first-order valence-electron chi connectivity index (χ1n) is 7.77. The predicted molar refractivity (Wildman–Crippen MR) is 88.1 cm³/mol. The van der Waals surface area contributed by atoms with E-state index in [2.05, 4.69) is 34.1 Å². The normalized spacial score (nSPS) is 17.7. The number of likely N-dealkylation sites (N-methyl/N-ethyl adjacent to an activating group) is 1. The number of rotatable bonds is 6. The van der Waals surface area contributed by atoms with E-state index < -0.39 is 0 Å². The van der Waals surface area contributed by atoms with Crippen LogP contribution in [0.4, 0.5) is 5.69 Å². The van der Waals surface area contributed by atoms with E-state index >= 15 is 0 Å². The van der Waals surface area contributed by atoms with Crippen LogP contribution in [0.1, 0.15) is 12.2 Å². The Hall–Kier alpha value is -2.21. The fourth-order valence-corrected chi connectivity index (χ4v) is 3.01. The van der Waals surface area contributed by atoms with Crippen LogP contribution >= 0.6 is 0 Å². The van der Waals surface area contributed by atoms with E-state index in [0.717, 1.165) is 49.0 Å². The second kappa shape index (κ2) is 6.91. The van der Waals surface area contributed by atoms with Crippen LogP contribution in [0.5, 0.6) is 11.5 Å². The van der Waals surface area contributed by atoms with Crippen LogP contribution in [0.2, 0.25) is 0 Å². The van der Waals surface area contributed by atoms with Crippen LogP contribution in [-0.2, 0) is 6.54 Å². The Balaban J connectivity index is 1.67. The molecule has 3 rings (SSSR count). The highest BCUT2D eigenvalue weighted by molar-refractivity contribution is 5.56.